The van der Waals surface area contributed by atoms with Gasteiger partial charge in [0.05, 0.1) is 5.56 Å². The van der Waals surface area contributed by atoms with Crippen LogP contribution in [-0.4, -0.2) is 20.5 Å². The number of aromatic nitrogens is 2. The van der Waals surface area contributed by atoms with Crippen molar-refractivity contribution in [3.05, 3.63) is 35.2 Å². The molecule has 0 bridgehead atoms. The van der Waals surface area contributed by atoms with Crippen molar-refractivity contribution in [1.82, 2.24) is 9.38 Å². The second-order valence-corrected chi connectivity index (χ2v) is 2.86. The largest absolute Gasteiger partial charge is 0.478 e. The molecule has 0 radical (unpaired) electrons. The molecule has 2 heterocycles. The molecule has 14 heavy (non-hydrogen) atoms. The zero-order valence-electron chi connectivity index (χ0n) is 6.85. The number of hydrogen-bond acceptors (Lipinski definition) is 2. The summed E-state index contributed by atoms with van der Waals surface area (Å²) in [5.74, 6) is -1.04. The van der Waals surface area contributed by atoms with Crippen molar-refractivity contribution in [2.24, 2.45) is 0 Å². The molecule has 2 aromatic heterocycles. The Morgan fingerprint density at radius 1 is 1.50 bits per heavy atom. The standard InChI is InChI=1S/C8H5ClN2O2.ClH/c9-7-5(8(12)13)1-2-6-10-3-4-11(6)7;/h1-4H,(H,12,13);1H. The summed E-state index contributed by atoms with van der Waals surface area (Å²) in [5.41, 5.74) is 0.710. The molecule has 0 aliphatic carbocycles. The number of hydrogen-bond donors (Lipinski definition) is 1. The van der Waals surface area contributed by atoms with Gasteiger partial charge in [0.1, 0.15) is 10.8 Å². The zero-order valence-corrected chi connectivity index (χ0v) is 8.42. The predicted molar refractivity (Wildman–Crippen MR) is 54.4 cm³/mol. The van der Waals surface area contributed by atoms with E-state index in [1.165, 1.54) is 10.5 Å². The highest BCUT2D eigenvalue weighted by atomic mass is 35.5. The third-order valence-electron chi connectivity index (χ3n) is 1.73. The van der Waals surface area contributed by atoms with Crippen LogP contribution in [0.5, 0.6) is 0 Å². The molecular formula is C8H6Cl2N2O2. The number of fused-ring (bicyclic) bond motifs is 1. The molecule has 1 N–H and O–H groups in total. The minimum absolute atomic E-state index is 0. The number of carbonyl (C=O) groups is 1. The van der Waals surface area contributed by atoms with Crippen LogP contribution in [0.4, 0.5) is 0 Å². The van der Waals surface area contributed by atoms with Crippen molar-refractivity contribution < 1.29 is 9.90 Å². The maximum atomic E-state index is 10.7. The summed E-state index contributed by atoms with van der Waals surface area (Å²) < 4.78 is 1.52. The van der Waals surface area contributed by atoms with E-state index in [1.54, 1.807) is 18.5 Å². The third-order valence-corrected chi connectivity index (χ3v) is 2.12. The summed E-state index contributed by atoms with van der Waals surface area (Å²) >= 11 is 5.82. The van der Waals surface area contributed by atoms with Gasteiger partial charge in [-0.1, -0.05) is 11.6 Å². The van der Waals surface area contributed by atoms with E-state index in [2.05, 4.69) is 4.98 Å². The maximum absolute atomic E-state index is 10.7. The van der Waals surface area contributed by atoms with Crippen LogP contribution >= 0.6 is 24.0 Å². The van der Waals surface area contributed by atoms with Crippen molar-refractivity contribution in [2.45, 2.75) is 0 Å². The molecule has 4 nitrogen and oxygen atoms in total. The number of pyridine rings is 1. The Balaban J connectivity index is 0.000000980. The molecule has 0 aliphatic heterocycles. The van der Waals surface area contributed by atoms with Gasteiger partial charge in [0.25, 0.3) is 0 Å². The molecule has 0 atom stereocenters. The first-order valence-electron chi connectivity index (χ1n) is 3.55. The Hall–Kier alpha value is -1.26. The van der Waals surface area contributed by atoms with Gasteiger partial charge in [-0.05, 0) is 12.1 Å². The fourth-order valence-electron chi connectivity index (χ4n) is 1.12. The van der Waals surface area contributed by atoms with Gasteiger partial charge in [0, 0.05) is 12.4 Å². The van der Waals surface area contributed by atoms with Crippen LogP contribution in [0.25, 0.3) is 5.65 Å². The van der Waals surface area contributed by atoms with Crippen LogP contribution in [0.3, 0.4) is 0 Å². The fraction of sp³-hybridized carbons (Fsp3) is 0. The molecule has 0 amide bonds. The van der Waals surface area contributed by atoms with Crippen LogP contribution in [0.15, 0.2) is 24.5 Å². The summed E-state index contributed by atoms with van der Waals surface area (Å²) in [4.78, 5) is 14.6. The van der Waals surface area contributed by atoms with Crippen LogP contribution in [0.1, 0.15) is 10.4 Å². The van der Waals surface area contributed by atoms with E-state index in [0.29, 0.717) is 5.65 Å². The monoisotopic (exact) mass is 232 g/mol. The van der Waals surface area contributed by atoms with E-state index in [1.807, 2.05) is 0 Å². The highest BCUT2D eigenvalue weighted by Gasteiger charge is 2.11. The first-order valence-corrected chi connectivity index (χ1v) is 3.93. The Morgan fingerprint density at radius 2 is 2.21 bits per heavy atom. The number of nitrogens with zero attached hydrogens (tertiary/aromatic N) is 2. The lowest BCUT2D eigenvalue weighted by atomic mass is 10.3. The van der Waals surface area contributed by atoms with E-state index in [9.17, 15) is 4.79 Å². The molecule has 0 aromatic carbocycles. The second kappa shape index (κ2) is 3.86. The maximum Gasteiger partial charge on any atom is 0.338 e. The molecule has 74 valence electrons. The van der Waals surface area contributed by atoms with Gasteiger partial charge in [-0.15, -0.1) is 12.4 Å². The Morgan fingerprint density at radius 3 is 2.86 bits per heavy atom. The summed E-state index contributed by atoms with van der Waals surface area (Å²) in [7, 11) is 0. The Kier molecular flexibility index (Phi) is 2.98. The first kappa shape index (κ1) is 10.8. The van der Waals surface area contributed by atoms with Crippen LogP contribution in [0, 0.1) is 0 Å². The molecule has 0 saturated heterocycles. The molecule has 2 aromatic rings. The smallest absolute Gasteiger partial charge is 0.338 e. The topological polar surface area (TPSA) is 54.6 Å². The lowest BCUT2D eigenvalue weighted by Gasteiger charge is -2.00. The van der Waals surface area contributed by atoms with E-state index < -0.39 is 5.97 Å². The van der Waals surface area contributed by atoms with Crippen molar-refractivity contribution in [1.29, 1.82) is 0 Å². The second-order valence-electron chi connectivity index (χ2n) is 2.50. The minimum Gasteiger partial charge on any atom is -0.478 e. The number of carboxylic acids is 1. The Bertz CT molecular complexity index is 481. The van der Waals surface area contributed by atoms with Gasteiger partial charge in [0.2, 0.25) is 0 Å². The average Bonchev–Trinajstić information content (AvgIpc) is 2.52. The fourth-order valence-corrected chi connectivity index (χ4v) is 1.41. The number of imidazole rings is 1. The lowest BCUT2D eigenvalue weighted by Crippen LogP contribution is -2.00. The molecule has 6 heteroatoms. The molecule has 0 saturated carbocycles. The Labute approximate surface area is 90.5 Å². The highest BCUT2D eigenvalue weighted by Crippen LogP contribution is 2.17. The number of rotatable bonds is 1. The number of carboxylic acid groups (broad SMARTS) is 1. The molecular weight excluding hydrogens is 227 g/mol. The van der Waals surface area contributed by atoms with E-state index in [-0.39, 0.29) is 23.1 Å². The minimum atomic E-state index is -1.04. The lowest BCUT2D eigenvalue weighted by molar-refractivity contribution is 0.0696. The number of halogens is 2. The van der Waals surface area contributed by atoms with E-state index >= 15 is 0 Å². The van der Waals surface area contributed by atoms with Gasteiger partial charge < -0.3 is 5.11 Å². The van der Waals surface area contributed by atoms with Gasteiger partial charge in [-0.3, -0.25) is 4.40 Å². The SMILES string of the molecule is Cl.O=C(O)c1ccc2nccn2c1Cl. The molecule has 0 unspecified atom stereocenters. The molecule has 0 aliphatic rings. The van der Waals surface area contributed by atoms with Crippen molar-refractivity contribution in [3.63, 3.8) is 0 Å². The van der Waals surface area contributed by atoms with Crippen LogP contribution < -0.4 is 0 Å². The first-order chi connectivity index (χ1) is 6.20. The van der Waals surface area contributed by atoms with Gasteiger partial charge in [0.15, 0.2) is 0 Å². The summed E-state index contributed by atoms with van der Waals surface area (Å²) in [6.45, 7) is 0. The summed E-state index contributed by atoms with van der Waals surface area (Å²) in [6.07, 6.45) is 3.18. The van der Waals surface area contributed by atoms with Crippen LogP contribution in [-0.2, 0) is 0 Å². The quantitative estimate of drug-likeness (QED) is 0.767. The molecule has 2 rings (SSSR count). The van der Waals surface area contributed by atoms with Crippen molar-refractivity contribution in [2.75, 3.05) is 0 Å². The summed E-state index contributed by atoms with van der Waals surface area (Å²) in [5, 5.41) is 8.91. The van der Waals surface area contributed by atoms with Gasteiger partial charge >= 0.3 is 5.97 Å². The summed E-state index contributed by atoms with van der Waals surface area (Å²) in [6, 6.07) is 3.04. The third kappa shape index (κ3) is 1.54. The van der Waals surface area contributed by atoms with E-state index in [0.717, 1.165) is 0 Å². The van der Waals surface area contributed by atoms with Crippen molar-refractivity contribution >= 4 is 35.6 Å². The van der Waals surface area contributed by atoms with Gasteiger partial charge in [-0.2, -0.15) is 0 Å². The number of aromatic carboxylic acids is 1. The van der Waals surface area contributed by atoms with E-state index in [4.69, 9.17) is 16.7 Å². The van der Waals surface area contributed by atoms with Crippen LogP contribution in [0.2, 0.25) is 5.15 Å². The van der Waals surface area contributed by atoms with Gasteiger partial charge in [-0.25, -0.2) is 9.78 Å². The molecule has 0 fully saturated rings. The highest BCUT2D eigenvalue weighted by molar-refractivity contribution is 6.32. The van der Waals surface area contributed by atoms with Crippen molar-refractivity contribution in [3.8, 4) is 0 Å². The predicted octanol–water partition coefficient (Wildman–Crippen LogP) is 2.11. The normalized spacial score (nSPS) is 9.79. The molecule has 0 spiro atoms. The zero-order chi connectivity index (χ0) is 9.42. The average molecular weight is 233 g/mol.